The number of amides is 3. The van der Waals surface area contributed by atoms with E-state index in [1.165, 1.54) is 4.90 Å². The van der Waals surface area contributed by atoms with Gasteiger partial charge in [-0.1, -0.05) is 13.0 Å². The highest BCUT2D eigenvalue weighted by Crippen LogP contribution is 2.33. The number of piperidine rings is 1. The third-order valence-electron chi connectivity index (χ3n) is 8.98. The van der Waals surface area contributed by atoms with Gasteiger partial charge in [-0.05, 0) is 60.4 Å². The lowest BCUT2D eigenvalue weighted by Gasteiger charge is -2.29. The largest absolute Gasteiger partial charge is 0.489 e. The van der Waals surface area contributed by atoms with Crippen molar-refractivity contribution < 1.29 is 28.2 Å². The van der Waals surface area contributed by atoms with Gasteiger partial charge in [0.2, 0.25) is 11.8 Å². The van der Waals surface area contributed by atoms with Gasteiger partial charge in [-0.2, -0.15) is 0 Å². The number of ether oxygens (including phenoxy) is 2. The highest BCUT2D eigenvalue weighted by Gasteiger charge is 2.39. The zero-order valence-corrected chi connectivity index (χ0v) is 23.5. The number of fused-ring (bicyclic) bond motifs is 2. The Hall–Kier alpha value is -3.89. The summed E-state index contributed by atoms with van der Waals surface area (Å²) in [6.45, 7) is 5.93. The molecule has 3 saturated heterocycles. The van der Waals surface area contributed by atoms with Gasteiger partial charge in [0.05, 0.1) is 6.61 Å². The van der Waals surface area contributed by atoms with Crippen molar-refractivity contribution in [1.82, 2.24) is 20.1 Å². The molecule has 10 heteroatoms. The zero-order valence-electron chi connectivity index (χ0n) is 23.5. The van der Waals surface area contributed by atoms with Crippen LogP contribution in [-0.4, -0.2) is 71.0 Å². The molecule has 7 rings (SSSR count). The molecule has 3 amide bonds. The van der Waals surface area contributed by atoms with Gasteiger partial charge in [-0.3, -0.25) is 24.6 Å². The average molecular weight is 573 g/mol. The molecule has 2 aromatic carbocycles. The molecule has 0 unspecified atom stereocenters. The van der Waals surface area contributed by atoms with Crippen LogP contribution in [0.4, 0.5) is 4.39 Å². The minimum Gasteiger partial charge on any atom is -0.489 e. The van der Waals surface area contributed by atoms with Crippen LogP contribution in [0.25, 0.3) is 10.9 Å². The molecule has 5 heterocycles. The fraction of sp³-hybridized carbons (Fsp3) is 0.438. The molecule has 218 valence electrons. The van der Waals surface area contributed by atoms with Crippen LogP contribution in [0.1, 0.15) is 59.3 Å². The lowest BCUT2D eigenvalue weighted by Crippen LogP contribution is -2.52. The Balaban J connectivity index is 1.00. The van der Waals surface area contributed by atoms with Crippen molar-refractivity contribution in [2.24, 2.45) is 5.92 Å². The zero-order chi connectivity index (χ0) is 29.0. The second-order valence-corrected chi connectivity index (χ2v) is 12.0. The van der Waals surface area contributed by atoms with Gasteiger partial charge in [0.25, 0.3) is 5.91 Å². The van der Waals surface area contributed by atoms with Crippen LogP contribution in [0.3, 0.4) is 0 Å². The summed E-state index contributed by atoms with van der Waals surface area (Å²) in [5.74, 6) is -0.0695. The van der Waals surface area contributed by atoms with Gasteiger partial charge < -0.3 is 14.4 Å². The van der Waals surface area contributed by atoms with E-state index < -0.39 is 11.9 Å². The minimum absolute atomic E-state index is 0.0606. The molecule has 4 aliphatic heterocycles. The number of rotatable bonds is 6. The van der Waals surface area contributed by atoms with Crippen molar-refractivity contribution in [3.05, 3.63) is 70.7 Å². The Bertz CT molecular complexity index is 1590. The van der Waals surface area contributed by atoms with E-state index in [2.05, 4.69) is 22.1 Å². The fourth-order valence-electron chi connectivity index (χ4n) is 6.73. The smallest absolute Gasteiger partial charge is 0.255 e. The molecule has 9 nitrogen and oxygen atoms in total. The van der Waals surface area contributed by atoms with Gasteiger partial charge in [0.1, 0.15) is 29.2 Å². The summed E-state index contributed by atoms with van der Waals surface area (Å²) in [4.78, 5) is 45.3. The molecule has 4 aliphatic rings. The Morgan fingerprint density at radius 3 is 2.79 bits per heavy atom. The molecule has 3 aromatic rings. The monoisotopic (exact) mass is 572 g/mol. The highest BCUT2D eigenvalue weighted by atomic mass is 19.1. The van der Waals surface area contributed by atoms with Crippen LogP contribution in [0.2, 0.25) is 0 Å². The maximum Gasteiger partial charge on any atom is 0.255 e. The minimum atomic E-state index is -0.643. The number of carbonyl (C=O) groups excluding carboxylic acids is 3. The molecule has 0 bridgehead atoms. The molecule has 0 saturated carbocycles. The number of imide groups is 1. The van der Waals surface area contributed by atoms with Crippen molar-refractivity contribution in [1.29, 1.82) is 0 Å². The first-order valence-corrected chi connectivity index (χ1v) is 14.7. The van der Waals surface area contributed by atoms with Crippen molar-refractivity contribution in [3.63, 3.8) is 0 Å². The van der Waals surface area contributed by atoms with Gasteiger partial charge in [-0.25, -0.2) is 9.37 Å². The van der Waals surface area contributed by atoms with Crippen LogP contribution >= 0.6 is 0 Å². The third-order valence-corrected chi connectivity index (χ3v) is 8.98. The average Bonchev–Trinajstić information content (AvgIpc) is 3.69. The number of halogens is 1. The Morgan fingerprint density at radius 2 is 1.98 bits per heavy atom. The van der Waals surface area contributed by atoms with Crippen molar-refractivity contribution in [2.75, 3.05) is 26.3 Å². The topological polar surface area (TPSA) is 101 Å². The Labute approximate surface area is 243 Å². The molecule has 0 aliphatic carbocycles. The van der Waals surface area contributed by atoms with Crippen LogP contribution in [0.15, 0.2) is 42.5 Å². The van der Waals surface area contributed by atoms with E-state index >= 15 is 4.39 Å². The number of aromatic nitrogens is 1. The number of hydrogen-bond donors (Lipinski definition) is 1. The van der Waals surface area contributed by atoms with Crippen LogP contribution in [-0.2, 0) is 27.4 Å². The van der Waals surface area contributed by atoms with Crippen LogP contribution in [0.5, 0.6) is 5.75 Å². The summed E-state index contributed by atoms with van der Waals surface area (Å²) in [6, 6.07) is 12.4. The number of nitrogens with zero attached hydrogens (tertiary/aromatic N) is 3. The normalized spacial score (nSPS) is 26.2. The van der Waals surface area contributed by atoms with Crippen molar-refractivity contribution in [3.8, 4) is 5.75 Å². The summed E-state index contributed by atoms with van der Waals surface area (Å²) in [5.41, 5.74) is 3.57. The van der Waals surface area contributed by atoms with Crippen LogP contribution in [0, 0.1) is 11.7 Å². The molecule has 0 spiro atoms. The van der Waals surface area contributed by atoms with Gasteiger partial charge in [0, 0.05) is 67.7 Å². The highest BCUT2D eigenvalue weighted by molar-refractivity contribution is 6.05. The van der Waals surface area contributed by atoms with Crippen LogP contribution < -0.4 is 10.1 Å². The Kier molecular flexibility index (Phi) is 6.90. The lowest BCUT2D eigenvalue weighted by atomic mass is 10.0. The molecule has 1 N–H and O–H groups in total. The standard InChI is InChI=1S/C32H33FN4O5/c1-18-13-36(14-19-10-20-2-5-26(21-8-9-41-17-21)34-30(20)25(33)11-19)16-28(18)42-23-3-4-24-22(12-23)15-37(32(24)40)27-6-7-29(38)35-31(27)39/h2-5,10-12,18,21,27-28H,6-9,13-17H2,1H3,(H,35,38,39)/t18-,21-,27+,28-/m1/s1. The summed E-state index contributed by atoms with van der Waals surface area (Å²) >= 11 is 0. The first kappa shape index (κ1) is 27.0. The third kappa shape index (κ3) is 5.03. The van der Waals surface area contributed by atoms with E-state index in [4.69, 9.17) is 9.47 Å². The number of hydrogen-bond acceptors (Lipinski definition) is 7. The predicted octanol–water partition coefficient (Wildman–Crippen LogP) is 3.54. The maximum atomic E-state index is 15.1. The molecule has 0 radical (unpaired) electrons. The SMILES string of the molecule is C[C@@H]1CN(Cc2cc(F)c3nc([C@@H]4CCOC4)ccc3c2)C[C@H]1Oc1ccc2c(c1)CN([C@H]1CCC(=O)NC1=O)C2=O. The van der Waals surface area contributed by atoms with Crippen molar-refractivity contribution in [2.45, 2.75) is 57.3 Å². The Morgan fingerprint density at radius 1 is 1.10 bits per heavy atom. The number of carbonyl (C=O) groups is 3. The van der Waals surface area contributed by atoms with E-state index in [-0.39, 0.29) is 42.0 Å². The van der Waals surface area contributed by atoms with Gasteiger partial charge in [0.15, 0.2) is 0 Å². The summed E-state index contributed by atoms with van der Waals surface area (Å²) in [6.07, 6.45) is 1.41. The number of nitrogens with one attached hydrogen (secondary N) is 1. The maximum absolute atomic E-state index is 15.1. The van der Waals surface area contributed by atoms with E-state index in [1.54, 1.807) is 18.2 Å². The fourth-order valence-corrected chi connectivity index (χ4v) is 6.73. The first-order chi connectivity index (χ1) is 20.3. The summed E-state index contributed by atoms with van der Waals surface area (Å²) in [7, 11) is 0. The van der Waals surface area contributed by atoms with E-state index in [9.17, 15) is 14.4 Å². The van der Waals surface area contributed by atoms with E-state index in [0.29, 0.717) is 49.5 Å². The second-order valence-electron chi connectivity index (χ2n) is 12.0. The molecule has 42 heavy (non-hydrogen) atoms. The van der Waals surface area contributed by atoms with E-state index in [1.807, 2.05) is 24.3 Å². The van der Waals surface area contributed by atoms with E-state index in [0.717, 1.165) is 41.8 Å². The number of likely N-dealkylation sites (tertiary alicyclic amines) is 1. The quantitative estimate of drug-likeness (QED) is 0.451. The lowest BCUT2D eigenvalue weighted by molar-refractivity contribution is -0.136. The number of benzene rings is 2. The summed E-state index contributed by atoms with van der Waals surface area (Å²) in [5, 5.41) is 3.13. The molecular formula is C32H33FN4O5. The molecule has 3 fully saturated rings. The summed E-state index contributed by atoms with van der Waals surface area (Å²) < 4.78 is 27.0. The molecule has 1 aromatic heterocycles. The molecule has 4 atom stereocenters. The van der Waals surface area contributed by atoms with Gasteiger partial charge >= 0.3 is 0 Å². The van der Waals surface area contributed by atoms with Crippen molar-refractivity contribution >= 4 is 28.6 Å². The predicted molar refractivity (Wildman–Crippen MR) is 151 cm³/mol. The second kappa shape index (κ2) is 10.7. The molecular weight excluding hydrogens is 539 g/mol. The number of pyridine rings is 1. The van der Waals surface area contributed by atoms with Gasteiger partial charge in [-0.15, -0.1) is 0 Å². The first-order valence-electron chi connectivity index (χ1n) is 14.7.